The van der Waals surface area contributed by atoms with Crippen LogP contribution in [0.4, 0.5) is 0 Å². The second kappa shape index (κ2) is 19.4. The van der Waals surface area contributed by atoms with E-state index in [0.29, 0.717) is 0 Å². The van der Waals surface area contributed by atoms with E-state index in [0.717, 1.165) is 0 Å². The number of rotatable bonds is 8. The summed E-state index contributed by atoms with van der Waals surface area (Å²) in [4.78, 5) is 0. The summed E-state index contributed by atoms with van der Waals surface area (Å²) in [7, 11) is 0. The fourth-order valence-corrected chi connectivity index (χ4v) is 14.9. The Labute approximate surface area is 504 Å². The Morgan fingerprint density at radius 1 is 0.218 bits per heavy atom. The van der Waals surface area contributed by atoms with Crippen LogP contribution in [0.5, 0.6) is 0 Å². The minimum atomic E-state index is -0.472. The first-order valence-corrected chi connectivity index (χ1v) is 30.2. The Balaban J connectivity index is 0.651. The molecule has 2 aromatic heterocycles. The number of fused-ring (bicyclic) bond motifs is 18. The molecule has 0 radical (unpaired) electrons. The van der Waals surface area contributed by atoms with E-state index in [1.165, 1.54) is 166 Å². The Morgan fingerprint density at radius 2 is 0.552 bits per heavy atom. The summed E-state index contributed by atoms with van der Waals surface area (Å²) in [5.74, 6) is 0. The Hall–Kier alpha value is -11.3. The van der Waals surface area contributed by atoms with Gasteiger partial charge in [-0.1, -0.05) is 231 Å². The van der Waals surface area contributed by atoms with Crippen LogP contribution in [0.2, 0.25) is 0 Å². The van der Waals surface area contributed by atoms with Crippen molar-refractivity contribution in [2.24, 2.45) is 0 Å². The lowest BCUT2D eigenvalue weighted by Gasteiger charge is -2.30. The van der Waals surface area contributed by atoms with Gasteiger partial charge >= 0.3 is 0 Å². The zero-order chi connectivity index (χ0) is 57.2. The molecule has 0 saturated carbocycles. The van der Waals surface area contributed by atoms with E-state index < -0.39 is 5.41 Å². The first-order chi connectivity index (χ1) is 43.1. The van der Waals surface area contributed by atoms with Crippen LogP contribution in [0.25, 0.3) is 145 Å². The molecule has 0 bridgehead atoms. The van der Waals surface area contributed by atoms with Gasteiger partial charge < -0.3 is 9.13 Å². The van der Waals surface area contributed by atoms with Crippen LogP contribution in [0.15, 0.2) is 303 Å². The standard InChI is InChI=1S/C85H54N2/c1-3-15-67(16-4-1)86-81-25-13-9-21-73(81)75-53-65(41-45-83(75)86)63-39-37-59-47-55(31-35-61(59)51-63)27-29-57-33-43-71-72-44-34-58(50-80(72)85(79(71)49-57)77-23-11-7-19-69(77)70-20-8-12-24-78(70)85)30-28-56-32-36-62-52-64(40-38-60(62)48-56)66-42-46-84-76(54-66)74-22-10-14-26-82(74)87(84)68-17-5-2-6-18-68/h1-54H/b29-27+,30-28+. The number of nitrogens with zero attached hydrogens (tertiary/aromatic N) is 2. The third kappa shape index (κ3) is 7.68. The maximum atomic E-state index is 2.46. The summed E-state index contributed by atoms with van der Waals surface area (Å²) in [5.41, 5.74) is 26.8. The number of hydrogen-bond donors (Lipinski definition) is 0. The number of para-hydroxylation sites is 4. The van der Waals surface area contributed by atoms with Crippen LogP contribution >= 0.6 is 0 Å². The van der Waals surface area contributed by atoms with Gasteiger partial charge in [-0.05, 0) is 208 Å². The summed E-state index contributed by atoms with van der Waals surface area (Å²) < 4.78 is 4.75. The van der Waals surface area contributed by atoms with Crippen molar-refractivity contribution in [3.8, 4) is 55.9 Å². The highest BCUT2D eigenvalue weighted by Gasteiger charge is 2.51. The first kappa shape index (κ1) is 49.1. The summed E-state index contributed by atoms with van der Waals surface area (Å²) >= 11 is 0. The van der Waals surface area contributed by atoms with Gasteiger partial charge in [-0.25, -0.2) is 0 Å². The maximum absolute atomic E-state index is 2.46. The summed E-state index contributed by atoms with van der Waals surface area (Å²) in [5, 5.41) is 9.94. The normalized spacial score (nSPS) is 13.1. The van der Waals surface area contributed by atoms with E-state index in [2.05, 4.69) is 337 Å². The van der Waals surface area contributed by atoms with Crippen LogP contribution < -0.4 is 0 Å². The Kier molecular flexibility index (Phi) is 10.9. The molecule has 0 aliphatic heterocycles. The van der Waals surface area contributed by atoms with Gasteiger partial charge in [0.15, 0.2) is 0 Å². The van der Waals surface area contributed by atoms with Gasteiger partial charge in [-0.15, -0.1) is 0 Å². The fourth-order valence-electron chi connectivity index (χ4n) is 14.9. The van der Waals surface area contributed by atoms with Crippen molar-refractivity contribution in [3.63, 3.8) is 0 Å². The molecule has 404 valence electrons. The van der Waals surface area contributed by atoms with Crippen molar-refractivity contribution in [3.05, 3.63) is 348 Å². The molecule has 2 heteroatoms. The van der Waals surface area contributed by atoms with Crippen LogP contribution in [0, 0.1) is 0 Å². The lowest BCUT2D eigenvalue weighted by Crippen LogP contribution is -2.26. The topological polar surface area (TPSA) is 9.86 Å². The molecule has 0 amide bonds. The molecule has 0 fully saturated rings. The van der Waals surface area contributed by atoms with Gasteiger partial charge in [0.2, 0.25) is 0 Å². The third-order valence-corrected chi connectivity index (χ3v) is 18.8. The fraction of sp³-hybridized carbons (Fsp3) is 0.0118. The minimum Gasteiger partial charge on any atom is -0.309 e. The molecule has 18 rings (SSSR count). The van der Waals surface area contributed by atoms with E-state index in [-0.39, 0.29) is 0 Å². The van der Waals surface area contributed by atoms with Crippen LogP contribution in [-0.2, 0) is 5.41 Å². The second-order valence-electron chi connectivity index (χ2n) is 23.6. The summed E-state index contributed by atoms with van der Waals surface area (Å²) in [6.07, 6.45) is 9.14. The van der Waals surface area contributed by atoms with Crippen molar-refractivity contribution >= 4 is 89.5 Å². The molecule has 0 N–H and O–H groups in total. The maximum Gasteiger partial charge on any atom is 0.0725 e. The molecule has 2 nitrogen and oxygen atoms in total. The van der Waals surface area contributed by atoms with E-state index >= 15 is 0 Å². The van der Waals surface area contributed by atoms with Crippen molar-refractivity contribution < 1.29 is 0 Å². The minimum absolute atomic E-state index is 0.472. The molecule has 87 heavy (non-hydrogen) atoms. The van der Waals surface area contributed by atoms with Gasteiger partial charge in [0, 0.05) is 32.9 Å². The van der Waals surface area contributed by atoms with Crippen LogP contribution in [0.3, 0.4) is 0 Å². The van der Waals surface area contributed by atoms with E-state index in [1.807, 2.05) is 0 Å². The van der Waals surface area contributed by atoms with Crippen LogP contribution in [0.1, 0.15) is 44.5 Å². The van der Waals surface area contributed by atoms with Crippen molar-refractivity contribution in [1.29, 1.82) is 0 Å². The molecule has 2 heterocycles. The molecule has 0 saturated heterocycles. The van der Waals surface area contributed by atoms with Gasteiger partial charge in [0.05, 0.1) is 27.5 Å². The highest BCUT2D eigenvalue weighted by atomic mass is 15.0. The highest BCUT2D eigenvalue weighted by molar-refractivity contribution is 6.12. The van der Waals surface area contributed by atoms with E-state index in [4.69, 9.17) is 0 Å². The predicted molar refractivity (Wildman–Crippen MR) is 368 cm³/mol. The molecule has 1 spiro atoms. The highest BCUT2D eigenvalue weighted by Crippen LogP contribution is 2.63. The Morgan fingerprint density at radius 3 is 1.02 bits per heavy atom. The van der Waals surface area contributed by atoms with Gasteiger partial charge in [0.25, 0.3) is 0 Å². The van der Waals surface area contributed by atoms with E-state index in [1.54, 1.807) is 0 Å². The van der Waals surface area contributed by atoms with Gasteiger partial charge in [-0.2, -0.15) is 0 Å². The lowest BCUT2D eigenvalue weighted by atomic mass is 9.70. The second-order valence-corrected chi connectivity index (χ2v) is 23.6. The van der Waals surface area contributed by atoms with E-state index in [9.17, 15) is 0 Å². The smallest absolute Gasteiger partial charge is 0.0725 e. The molecular weight excluding hydrogens is 1050 g/mol. The number of benzene rings is 14. The zero-order valence-corrected chi connectivity index (χ0v) is 47.6. The molecule has 14 aromatic carbocycles. The number of hydrogen-bond acceptors (Lipinski definition) is 0. The average Bonchev–Trinajstić information content (AvgIpc) is 1.55. The average molecular weight is 1100 g/mol. The molecule has 2 aliphatic rings. The molecule has 2 aliphatic carbocycles. The lowest BCUT2D eigenvalue weighted by molar-refractivity contribution is 0.793. The quantitative estimate of drug-likeness (QED) is 0.134. The third-order valence-electron chi connectivity index (χ3n) is 18.8. The SMILES string of the molecule is C(=C\c1ccc2cc(-c3ccc4c(c3)c3ccccc3n4-c3ccccc3)ccc2c1)/c1ccc2c(c1)C1(c3ccccc3-c3ccccc31)c1cc(/C=C/c3ccc4cc(-c5ccc6c(c5)c5ccccc5n6-c5ccccc5)ccc4c3)ccc1-2. The molecular formula is C85H54N2. The monoisotopic (exact) mass is 1100 g/mol. The largest absolute Gasteiger partial charge is 0.309 e. The molecule has 0 unspecified atom stereocenters. The predicted octanol–water partition coefficient (Wildman–Crippen LogP) is 22.2. The van der Waals surface area contributed by atoms with Gasteiger partial charge in [0.1, 0.15) is 0 Å². The van der Waals surface area contributed by atoms with Crippen LogP contribution in [-0.4, -0.2) is 9.13 Å². The van der Waals surface area contributed by atoms with Crippen molar-refractivity contribution in [1.82, 2.24) is 9.13 Å². The number of aromatic nitrogens is 2. The molecule has 0 atom stereocenters. The summed E-state index contributed by atoms with van der Waals surface area (Å²) in [6.45, 7) is 0. The molecule has 16 aromatic rings. The Bertz CT molecular complexity index is 5230. The zero-order valence-electron chi connectivity index (χ0n) is 47.6. The van der Waals surface area contributed by atoms with Gasteiger partial charge in [-0.3, -0.25) is 0 Å². The first-order valence-electron chi connectivity index (χ1n) is 30.2. The summed E-state index contributed by atoms with van der Waals surface area (Å²) in [6, 6.07) is 113. The van der Waals surface area contributed by atoms with Crippen molar-refractivity contribution in [2.45, 2.75) is 5.41 Å². The van der Waals surface area contributed by atoms with Crippen molar-refractivity contribution in [2.75, 3.05) is 0 Å².